The molecular formula is C19H28F3IN4O2. The fourth-order valence-corrected chi connectivity index (χ4v) is 3.63. The number of likely N-dealkylation sites (tertiary alicyclic amines) is 1. The van der Waals surface area contributed by atoms with Crippen molar-refractivity contribution >= 4 is 29.9 Å². The minimum atomic E-state index is -4.36. The maximum atomic E-state index is 12.5. The summed E-state index contributed by atoms with van der Waals surface area (Å²) in [6, 6.07) is 7.23. The first-order valence-electron chi connectivity index (χ1n) is 9.51. The van der Waals surface area contributed by atoms with Crippen LogP contribution in [0, 0.1) is 0 Å². The fraction of sp³-hybridized carbons (Fsp3) is 0.632. The van der Waals surface area contributed by atoms with Crippen LogP contribution in [0.1, 0.15) is 12.0 Å². The Hall–Kier alpha value is -1.27. The molecule has 3 rings (SSSR count). The lowest BCUT2D eigenvalue weighted by atomic mass is 10.2. The van der Waals surface area contributed by atoms with E-state index in [-0.39, 0.29) is 29.7 Å². The summed E-state index contributed by atoms with van der Waals surface area (Å²) in [5.41, 5.74) is 0.664. The number of nitrogens with one attached hydrogen (secondary N) is 1. The molecule has 2 heterocycles. The monoisotopic (exact) mass is 528 g/mol. The summed E-state index contributed by atoms with van der Waals surface area (Å²) in [7, 11) is 1.72. The van der Waals surface area contributed by atoms with Gasteiger partial charge in [-0.3, -0.25) is 9.89 Å². The van der Waals surface area contributed by atoms with E-state index in [1.807, 2.05) is 0 Å². The number of guanidine groups is 1. The Balaban J connectivity index is 0.00000300. The first-order chi connectivity index (χ1) is 13.5. The number of para-hydroxylation sites is 1. The van der Waals surface area contributed by atoms with E-state index in [1.54, 1.807) is 31.3 Å². The van der Waals surface area contributed by atoms with E-state index in [0.717, 1.165) is 51.8 Å². The standard InChI is InChI=1S/C19H27F3N4O2.HI/c1-23-18(26-7-6-16(13-26)25-8-10-27-11-9-25)24-12-15-4-2-3-5-17(15)28-14-19(20,21)22;/h2-5,16H,6-14H2,1H3,(H,23,24);1H. The van der Waals surface area contributed by atoms with Crippen LogP contribution in [0.2, 0.25) is 0 Å². The van der Waals surface area contributed by atoms with Crippen LogP contribution in [0.25, 0.3) is 0 Å². The molecule has 6 nitrogen and oxygen atoms in total. The molecule has 2 fully saturated rings. The normalized spacial score (nSPS) is 21.0. The molecule has 0 bridgehead atoms. The summed E-state index contributed by atoms with van der Waals surface area (Å²) in [4.78, 5) is 9.00. The number of morpholine rings is 1. The largest absolute Gasteiger partial charge is 0.484 e. The van der Waals surface area contributed by atoms with Crippen molar-refractivity contribution in [2.75, 3.05) is 53.0 Å². The number of ether oxygens (including phenoxy) is 2. The molecule has 0 radical (unpaired) electrons. The van der Waals surface area contributed by atoms with Crippen molar-refractivity contribution in [2.45, 2.75) is 25.2 Å². The first-order valence-corrected chi connectivity index (χ1v) is 9.51. The van der Waals surface area contributed by atoms with E-state index in [0.29, 0.717) is 18.2 Å². The number of halogens is 4. The predicted octanol–water partition coefficient (Wildman–Crippen LogP) is 2.73. The van der Waals surface area contributed by atoms with Crippen LogP contribution < -0.4 is 10.1 Å². The highest BCUT2D eigenvalue weighted by Gasteiger charge is 2.31. The van der Waals surface area contributed by atoms with Crippen LogP contribution in [0.15, 0.2) is 29.3 Å². The van der Waals surface area contributed by atoms with Crippen molar-refractivity contribution in [3.05, 3.63) is 29.8 Å². The van der Waals surface area contributed by atoms with Gasteiger partial charge in [0.2, 0.25) is 0 Å². The van der Waals surface area contributed by atoms with Crippen LogP contribution >= 0.6 is 24.0 Å². The molecule has 2 saturated heterocycles. The maximum Gasteiger partial charge on any atom is 0.422 e. The zero-order valence-electron chi connectivity index (χ0n) is 16.5. The van der Waals surface area contributed by atoms with E-state index >= 15 is 0 Å². The van der Waals surface area contributed by atoms with Gasteiger partial charge in [-0.05, 0) is 12.5 Å². The summed E-state index contributed by atoms with van der Waals surface area (Å²) >= 11 is 0. The average Bonchev–Trinajstić information content (AvgIpc) is 3.18. The van der Waals surface area contributed by atoms with Gasteiger partial charge in [0.05, 0.1) is 13.2 Å². The van der Waals surface area contributed by atoms with Gasteiger partial charge in [-0.25, -0.2) is 0 Å². The highest BCUT2D eigenvalue weighted by atomic mass is 127. The number of hydrogen-bond acceptors (Lipinski definition) is 4. The van der Waals surface area contributed by atoms with Crippen molar-refractivity contribution in [2.24, 2.45) is 4.99 Å². The van der Waals surface area contributed by atoms with Crippen molar-refractivity contribution in [3.8, 4) is 5.75 Å². The number of nitrogens with zero attached hydrogens (tertiary/aromatic N) is 3. The van der Waals surface area contributed by atoms with E-state index in [4.69, 9.17) is 9.47 Å². The second-order valence-corrected chi connectivity index (χ2v) is 6.95. The Bertz CT molecular complexity index is 669. The van der Waals surface area contributed by atoms with Gasteiger partial charge in [-0.15, -0.1) is 24.0 Å². The van der Waals surface area contributed by atoms with Crippen LogP contribution in [0.4, 0.5) is 13.2 Å². The molecule has 0 spiro atoms. The Morgan fingerprint density at radius 2 is 1.97 bits per heavy atom. The minimum absolute atomic E-state index is 0. The molecule has 29 heavy (non-hydrogen) atoms. The van der Waals surface area contributed by atoms with Crippen molar-refractivity contribution < 1.29 is 22.6 Å². The lowest BCUT2D eigenvalue weighted by molar-refractivity contribution is -0.153. The van der Waals surface area contributed by atoms with E-state index < -0.39 is 12.8 Å². The summed E-state index contributed by atoms with van der Waals surface area (Å²) in [5, 5.41) is 3.26. The quantitative estimate of drug-likeness (QED) is 0.362. The van der Waals surface area contributed by atoms with Crippen LogP contribution in [0.3, 0.4) is 0 Å². The number of aliphatic imine (C=N–C) groups is 1. The summed E-state index contributed by atoms with van der Waals surface area (Å²) in [6.45, 7) is 4.28. The Morgan fingerprint density at radius 3 is 2.66 bits per heavy atom. The second-order valence-electron chi connectivity index (χ2n) is 6.95. The molecule has 2 aliphatic heterocycles. The van der Waals surface area contributed by atoms with Gasteiger partial charge in [0.1, 0.15) is 5.75 Å². The SMILES string of the molecule is CN=C(NCc1ccccc1OCC(F)(F)F)N1CCC(N2CCOCC2)C1.I. The number of hydrogen-bond donors (Lipinski definition) is 1. The van der Waals surface area contributed by atoms with Crippen molar-refractivity contribution in [1.82, 2.24) is 15.1 Å². The van der Waals surface area contributed by atoms with Crippen LogP contribution in [-0.2, 0) is 11.3 Å². The van der Waals surface area contributed by atoms with Gasteiger partial charge in [0, 0.05) is 51.4 Å². The van der Waals surface area contributed by atoms with Crippen molar-refractivity contribution in [3.63, 3.8) is 0 Å². The lowest BCUT2D eigenvalue weighted by Crippen LogP contribution is -2.46. The highest BCUT2D eigenvalue weighted by Crippen LogP contribution is 2.22. The molecule has 0 saturated carbocycles. The van der Waals surface area contributed by atoms with Gasteiger partial charge in [0.25, 0.3) is 0 Å². The third kappa shape index (κ3) is 7.18. The molecule has 1 N–H and O–H groups in total. The zero-order chi connectivity index (χ0) is 20.0. The molecule has 1 aromatic carbocycles. The van der Waals surface area contributed by atoms with E-state index in [2.05, 4.69) is 20.1 Å². The molecule has 164 valence electrons. The Morgan fingerprint density at radius 1 is 1.24 bits per heavy atom. The van der Waals surface area contributed by atoms with Gasteiger partial charge >= 0.3 is 6.18 Å². The van der Waals surface area contributed by atoms with Gasteiger partial charge < -0.3 is 19.7 Å². The molecule has 1 unspecified atom stereocenters. The molecule has 0 aliphatic carbocycles. The topological polar surface area (TPSA) is 49.3 Å². The lowest BCUT2D eigenvalue weighted by Gasteiger charge is -2.32. The van der Waals surface area contributed by atoms with Gasteiger partial charge in [0.15, 0.2) is 12.6 Å². The number of rotatable bonds is 5. The average molecular weight is 528 g/mol. The first kappa shape index (κ1) is 24.0. The molecule has 1 aromatic rings. The molecule has 2 aliphatic rings. The molecule has 0 aromatic heterocycles. The van der Waals surface area contributed by atoms with Crippen LogP contribution in [-0.4, -0.2) is 81.0 Å². The summed E-state index contributed by atoms with van der Waals surface area (Å²) < 4.78 is 47.7. The number of alkyl halides is 3. The smallest absolute Gasteiger partial charge is 0.422 e. The Labute approximate surface area is 186 Å². The molecule has 10 heteroatoms. The van der Waals surface area contributed by atoms with Crippen LogP contribution in [0.5, 0.6) is 5.75 Å². The van der Waals surface area contributed by atoms with Gasteiger partial charge in [-0.2, -0.15) is 13.2 Å². The van der Waals surface area contributed by atoms with Gasteiger partial charge in [-0.1, -0.05) is 18.2 Å². The zero-order valence-corrected chi connectivity index (χ0v) is 18.8. The fourth-order valence-electron chi connectivity index (χ4n) is 3.63. The Kier molecular flexibility index (Phi) is 9.28. The van der Waals surface area contributed by atoms with E-state index in [1.165, 1.54) is 0 Å². The third-order valence-corrected chi connectivity index (χ3v) is 5.04. The van der Waals surface area contributed by atoms with Crippen molar-refractivity contribution in [1.29, 1.82) is 0 Å². The maximum absolute atomic E-state index is 12.5. The minimum Gasteiger partial charge on any atom is -0.484 e. The summed E-state index contributed by atoms with van der Waals surface area (Å²) in [6.07, 6.45) is -3.30. The van der Waals surface area contributed by atoms with E-state index in [9.17, 15) is 13.2 Å². The molecular weight excluding hydrogens is 500 g/mol. The third-order valence-electron chi connectivity index (χ3n) is 5.04. The molecule has 1 atom stereocenters. The second kappa shape index (κ2) is 11.2. The highest BCUT2D eigenvalue weighted by molar-refractivity contribution is 14.0. The predicted molar refractivity (Wildman–Crippen MR) is 116 cm³/mol. The summed E-state index contributed by atoms with van der Waals surface area (Å²) in [5.74, 6) is 0.983. The number of benzene rings is 1. The molecule has 0 amide bonds.